The van der Waals surface area contributed by atoms with E-state index in [1.54, 1.807) is 0 Å². The molecule has 0 bridgehead atoms. The van der Waals surface area contributed by atoms with Crippen molar-refractivity contribution in [3.63, 3.8) is 0 Å². The molecule has 2 unspecified atom stereocenters. The van der Waals surface area contributed by atoms with Crippen molar-refractivity contribution in [2.24, 2.45) is 29.4 Å². The highest BCUT2D eigenvalue weighted by atomic mass is 19.3. The molecule has 0 spiro atoms. The van der Waals surface area contributed by atoms with E-state index in [1.807, 2.05) is 0 Å². The maximum Gasteiger partial charge on any atom is 0.263 e. The maximum absolute atomic E-state index is 13.7. The Hall–Kier alpha value is -3.13. The minimum atomic E-state index is -2.80. The van der Waals surface area contributed by atoms with Gasteiger partial charge in [0.2, 0.25) is 5.91 Å². The number of phenolic OH excluding ortho intramolecular Hbond substituents is 1. The first kappa shape index (κ1) is 26.9. The molecule has 6 atom stereocenters. The van der Waals surface area contributed by atoms with Gasteiger partial charge in [-0.3, -0.25) is 33.7 Å². The van der Waals surface area contributed by atoms with Crippen LogP contribution in [0, 0.1) is 23.7 Å². The van der Waals surface area contributed by atoms with Crippen molar-refractivity contribution in [2.75, 3.05) is 20.7 Å². The average molecular weight is 523 g/mol. The number of rotatable bonds is 7. The maximum atomic E-state index is 13.7. The molecule has 11 nitrogen and oxygen atoms in total. The van der Waals surface area contributed by atoms with Crippen LogP contribution in [0.4, 0.5) is 8.78 Å². The predicted molar refractivity (Wildman–Crippen MR) is 120 cm³/mol. The summed E-state index contributed by atoms with van der Waals surface area (Å²) in [6, 6.07) is 1.49. The normalized spacial score (nSPS) is 31.4. The van der Waals surface area contributed by atoms with Crippen molar-refractivity contribution in [1.82, 2.24) is 10.4 Å². The zero-order valence-electron chi connectivity index (χ0n) is 20.1. The number of nitrogens with zero attached hydrogens (tertiary/aromatic N) is 1. The first-order valence-electron chi connectivity index (χ1n) is 11.6. The molecule has 2 fully saturated rings. The Kier molecular flexibility index (Phi) is 7.01. The number of benzene rings is 1. The van der Waals surface area contributed by atoms with E-state index in [0.717, 1.165) is 0 Å². The van der Waals surface area contributed by atoms with Crippen molar-refractivity contribution >= 4 is 29.0 Å². The van der Waals surface area contributed by atoms with Crippen LogP contribution in [-0.2, 0) is 37.0 Å². The fourth-order valence-corrected chi connectivity index (χ4v) is 6.09. The van der Waals surface area contributed by atoms with Gasteiger partial charge in [0.05, 0.1) is 17.5 Å². The summed E-state index contributed by atoms with van der Waals surface area (Å²) in [7, 11) is 2.99. The summed E-state index contributed by atoms with van der Waals surface area (Å²) in [5, 5.41) is 22.0. The summed E-state index contributed by atoms with van der Waals surface area (Å²) in [5.74, 6) is -11.4. The van der Waals surface area contributed by atoms with E-state index in [1.165, 1.54) is 31.1 Å². The number of alkyl halides is 2. The number of fused-ring (bicyclic) bond motifs is 3. The van der Waals surface area contributed by atoms with Crippen molar-refractivity contribution in [1.29, 1.82) is 0 Å². The number of phenols is 1. The topological polar surface area (TPSA) is 176 Å². The van der Waals surface area contributed by atoms with E-state index < -0.39 is 83.1 Å². The number of carbonyl (C=O) groups excluding carboxylic acids is 5. The van der Waals surface area contributed by atoms with E-state index in [0.29, 0.717) is 11.1 Å². The number of nitrogens with two attached hydrogens (primary N) is 1. The Labute approximate surface area is 209 Å². The SMILES string of the molecule is CN(C)[C@@H]1C(=O)C(C(N)=O)C(=O)[C@@]2(O)C(=O)C3C(=O)c4c(O)ccc(CNOCC(F)F)c4C[C@H]3C[C@@H]12. The zero-order chi connectivity index (χ0) is 27.4. The molecule has 2 saturated carbocycles. The molecule has 0 aromatic heterocycles. The number of primary amides is 1. The molecule has 0 saturated heterocycles. The lowest BCUT2D eigenvalue weighted by atomic mass is 9.52. The van der Waals surface area contributed by atoms with Gasteiger partial charge in [0.25, 0.3) is 6.43 Å². The van der Waals surface area contributed by atoms with Gasteiger partial charge in [-0.15, -0.1) is 0 Å². The van der Waals surface area contributed by atoms with Crippen LogP contribution in [0.5, 0.6) is 5.75 Å². The lowest BCUT2D eigenvalue weighted by Gasteiger charge is -2.52. The Morgan fingerprint density at radius 2 is 1.92 bits per heavy atom. The van der Waals surface area contributed by atoms with Crippen LogP contribution >= 0.6 is 0 Å². The van der Waals surface area contributed by atoms with Crippen molar-refractivity contribution < 1.29 is 47.8 Å². The molecule has 5 N–H and O–H groups in total. The second-order valence-corrected chi connectivity index (χ2v) is 9.91. The molecular formula is C24H27F2N3O8. The standard InChI is InChI=1S/C24H27F2N3O8/c1-29(2)18-12-6-10-5-11-9(7-28-37-8-14(25)26)3-4-13(30)16(11)19(31)15(10)21(33)24(12,36)22(34)17(20(18)32)23(27)35/h3-4,10,12,14-15,17-18,28,30,36H,5-8H2,1-2H3,(H2,27,35)/t10-,12-,15?,17?,18-,24-/m0/s1. The Morgan fingerprint density at radius 1 is 1.24 bits per heavy atom. The van der Waals surface area contributed by atoms with Crippen LogP contribution in [0.3, 0.4) is 0 Å². The summed E-state index contributed by atoms with van der Waals surface area (Å²) in [6.07, 6.45) is -2.73. The van der Waals surface area contributed by atoms with Crippen molar-refractivity contribution in [3.8, 4) is 5.75 Å². The van der Waals surface area contributed by atoms with E-state index in [4.69, 9.17) is 10.6 Å². The van der Waals surface area contributed by atoms with E-state index in [-0.39, 0.29) is 24.9 Å². The summed E-state index contributed by atoms with van der Waals surface area (Å²) in [6.45, 7) is -0.947. The third-order valence-electron chi connectivity index (χ3n) is 7.62. The first-order chi connectivity index (χ1) is 17.3. The highest BCUT2D eigenvalue weighted by Crippen LogP contribution is 2.50. The molecule has 37 heavy (non-hydrogen) atoms. The van der Waals surface area contributed by atoms with Crippen LogP contribution in [0.25, 0.3) is 0 Å². The molecule has 0 heterocycles. The molecule has 1 aromatic rings. The third kappa shape index (κ3) is 4.15. The Bertz CT molecular complexity index is 1190. The largest absolute Gasteiger partial charge is 0.507 e. The Balaban J connectivity index is 1.75. The van der Waals surface area contributed by atoms with Crippen molar-refractivity contribution in [2.45, 2.75) is 37.5 Å². The van der Waals surface area contributed by atoms with Crippen molar-refractivity contribution in [3.05, 3.63) is 28.8 Å². The molecule has 1 aromatic carbocycles. The summed E-state index contributed by atoms with van der Waals surface area (Å²) in [4.78, 5) is 71.6. The van der Waals surface area contributed by atoms with Gasteiger partial charge in [-0.1, -0.05) is 6.07 Å². The van der Waals surface area contributed by atoms with Crippen LogP contribution in [-0.4, -0.2) is 82.9 Å². The summed E-state index contributed by atoms with van der Waals surface area (Å²) < 4.78 is 24.7. The quantitative estimate of drug-likeness (QED) is 0.200. The van der Waals surface area contributed by atoms with Crippen LogP contribution in [0.1, 0.15) is 27.9 Å². The molecule has 4 rings (SSSR count). The number of aromatic hydroxyl groups is 1. The van der Waals surface area contributed by atoms with Crippen LogP contribution in [0.15, 0.2) is 12.1 Å². The number of nitrogens with one attached hydrogen (secondary N) is 1. The number of halogens is 2. The zero-order valence-corrected chi connectivity index (χ0v) is 20.1. The third-order valence-corrected chi connectivity index (χ3v) is 7.62. The first-order valence-corrected chi connectivity index (χ1v) is 11.6. The molecule has 3 aliphatic rings. The molecular weight excluding hydrogens is 496 g/mol. The number of Topliss-reactive ketones (excluding diaryl/α,β-unsaturated/α-hetero) is 4. The van der Waals surface area contributed by atoms with Gasteiger partial charge in [0.15, 0.2) is 34.7 Å². The van der Waals surface area contributed by atoms with Gasteiger partial charge < -0.3 is 15.9 Å². The minimum absolute atomic E-state index is 0.0616. The fourth-order valence-electron chi connectivity index (χ4n) is 6.09. The van der Waals surface area contributed by atoms with Gasteiger partial charge in [-0.25, -0.2) is 8.78 Å². The second kappa shape index (κ2) is 9.63. The molecule has 0 radical (unpaired) electrons. The van der Waals surface area contributed by atoms with Gasteiger partial charge in [-0.2, -0.15) is 5.48 Å². The lowest BCUT2D eigenvalue weighted by molar-refractivity contribution is -0.181. The number of amides is 1. The van der Waals surface area contributed by atoms with Gasteiger partial charge >= 0.3 is 0 Å². The minimum Gasteiger partial charge on any atom is -0.507 e. The lowest BCUT2D eigenvalue weighted by Crippen LogP contribution is -2.74. The van der Waals surface area contributed by atoms with Crippen LogP contribution in [0.2, 0.25) is 0 Å². The van der Waals surface area contributed by atoms with E-state index >= 15 is 0 Å². The molecule has 1 amide bonds. The van der Waals surface area contributed by atoms with E-state index in [2.05, 4.69) is 5.48 Å². The monoisotopic (exact) mass is 523 g/mol. The highest BCUT2D eigenvalue weighted by molar-refractivity contribution is 6.32. The molecule has 200 valence electrons. The fraction of sp³-hybridized carbons (Fsp3) is 0.542. The second-order valence-electron chi connectivity index (χ2n) is 9.91. The predicted octanol–water partition coefficient (Wildman–Crippen LogP) is -0.847. The summed E-state index contributed by atoms with van der Waals surface area (Å²) >= 11 is 0. The van der Waals surface area contributed by atoms with Gasteiger partial charge in [0, 0.05) is 12.5 Å². The van der Waals surface area contributed by atoms with Gasteiger partial charge in [0.1, 0.15) is 12.4 Å². The highest BCUT2D eigenvalue weighted by Gasteiger charge is 2.69. The van der Waals surface area contributed by atoms with Crippen LogP contribution < -0.4 is 11.2 Å². The molecule has 3 aliphatic carbocycles. The summed E-state index contributed by atoms with van der Waals surface area (Å²) in [5.41, 5.74) is 5.50. The number of ketones is 4. The average Bonchev–Trinajstić information content (AvgIpc) is 2.79. The number of aliphatic hydroxyl groups is 1. The molecule has 0 aliphatic heterocycles. The number of hydrogen-bond donors (Lipinski definition) is 4. The molecule has 13 heteroatoms. The number of carbonyl (C=O) groups is 5. The van der Waals surface area contributed by atoms with E-state index in [9.17, 15) is 43.0 Å². The number of hydrogen-bond acceptors (Lipinski definition) is 10. The van der Waals surface area contributed by atoms with Gasteiger partial charge in [-0.05, 0) is 50.0 Å². The Morgan fingerprint density at radius 3 is 2.51 bits per heavy atom. The number of hydroxylamine groups is 1. The number of likely N-dealkylation sites (N-methyl/N-ethyl adjacent to an activating group) is 1. The smallest absolute Gasteiger partial charge is 0.263 e.